The van der Waals surface area contributed by atoms with E-state index >= 15 is 0 Å². The summed E-state index contributed by atoms with van der Waals surface area (Å²) in [7, 11) is 0. The van der Waals surface area contributed by atoms with E-state index in [1.54, 1.807) is 28.9 Å². The Hall–Kier alpha value is -3.64. The van der Waals surface area contributed by atoms with E-state index in [4.69, 9.17) is 11.6 Å². The van der Waals surface area contributed by atoms with Crippen molar-refractivity contribution in [3.8, 4) is 16.9 Å². The molecule has 1 aromatic heterocycles. The summed E-state index contributed by atoms with van der Waals surface area (Å²) >= 11 is 6.36. The van der Waals surface area contributed by atoms with Gasteiger partial charge >= 0.3 is 0 Å². The number of rotatable bonds is 4. The highest BCUT2D eigenvalue weighted by atomic mass is 35.5. The molecule has 0 bridgehead atoms. The molecule has 3 aromatic carbocycles. The molecule has 0 radical (unpaired) electrons. The highest BCUT2D eigenvalue weighted by Crippen LogP contribution is 2.28. The van der Waals surface area contributed by atoms with Crippen molar-refractivity contribution in [3.05, 3.63) is 101 Å². The third kappa shape index (κ3) is 4.29. The molecule has 1 amide bonds. The Balaban J connectivity index is 1.45. The Labute approximate surface area is 203 Å². The van der Waals surface area contributed by atoms with Crippen molar-refractivity contribution >= 4 is 23.2 Å². The molecule has 0 aliphatic carbocycles. The lowest BCUT2D eigenvalue weighted by Gasteiger charge is -2.36. The number of para-hydroxylation sites is 1. The number of amides is 1. The van der Waals surface area contributed by atoms with Gasteiger partial charge in [0.2, 0.25) is 0 Å². The van der Waals surface area contributed by atoms with Gasteiger partial charge < -0.3 is 9.80 Å². The summed E-state index contributed by atoms with van der Waals surface area (Å²) < 4.78 is 16.1. The number of hydrogen-bond donors (Lipinski definition) is 0. The van der Waals surface area contributed by atoms with Crippen LogP contribution in [-0.2, 0) is 0 Å². The smallest absolute Gasteiger partial charge is 0.272 e. The maximum Gasteiger partial charge on any atom is 0.272 e. The fourth-order valence-corrected chi connectivity index (χ4v) is 4.49. The quantitative estimate of drug-likeness (QED) is 0.386. The first-order chi connectivity index (χ1) is 16.5. The van der Waals surface area contributed by atoms with E-state index in [1.807, 2.05) is 60.4 Å². The molecule has 1 saturated heterocycles. The first-order valence-corrected chi connectivity index (χ1v) is 11.6. The SMILES string of the molecule is Cc1ccc(-n2nc(-c3ccccc3F)cc2C(=O)N2CCN(c3ccccc3Cl)CC2)cc1. The first kappa shape index (κ1) is 22.2. The van der Waals surface area contributed by atoms with Crippen molar-refractivity contribution in [1.29, 1.82) is 0 Å². The highest BCUT2D eigenvalue weighted by molar-refractivity contribution is 6.33. The molecule has 0 saturated carbocycles. The molecule has 2 heterocycles. The van der Waals surface area contributed by atoms with Gasteiger partial charge in [-0.1, -0.05) is 53.6 Å². The van der Waals surface area contributed by atoms with E-state index in [0.29, 0.717) is 48.2 Å². The molecular weight excluding hydrogens is 451 g/mol. The van der Waals surface area contributed by atoms with Crippen molar-refractivity contribution in [2.24, 2.45) is 0 Å². The van der Waals surface area contributed by atoms with Gasteiger partial charge in [0.25, 0.3) is 5.91 Å². The van der Waals surface area contributed by atoms with Gasteiger partial charge in [0.15, 0.2) is 0 Å². The zero-order valence-electron chi connectivity index (χ0n) is 18.8. The summed E-state index contributed by atoms with van der Waals surface area (Å²) in [5.41, 5.74) is 4.04. The minimum Gasteiger partial charge on any atom is -0.367 e. The van der Waals surface area contributed by atoms with E-state index in [-0.39, 0.29) is 11.7 Å². The maximum atomic E-state index is 14.5. The Bertz CT molecular complexity index is 1330. The van der Waals surface area contributed by atoms with Gasteiger partial charge in [-0.25, -0.2) is 9.07 Å². The van der Waals surface area contributed by atoms with Crippen LogP contribution in [0.2, 0.25) is 5.02 Å². The van der Waals surface area contributed by atoms with E-state index in [2.05, 4.69) is 10.00 Å². The van der Waals surface area contributed by atoms with E-state index in [0.717, 1.165) is 16.9 Å². The largest absolute Gasteiger partial charge is 0.367 e. The predicted molar refractivity (Wildman–Crippen MR) is 133 cm³/mol. The van der Waals surface area contributed by atoms with Gasteiger partial charge in [-0.05, 0) is 49.4 Å². The number of carbonyl (C=O) groups excluding carboxylic acids is 1. The fourth-order valence-electron chi connectivity index (χ4n) is 4.24. The van der Waals surface area contributed by atoms with Gasteiger partial charge in [-0.2, -0.15) is 5.10 Å². The molecule has 1 aliphatic rings. The summed E-state index contributed by atoms with van der Waals surface area (Å²) in [4.78, 5) is 17.6. The lowest BCUT2D eigenvalue weighted by atomic mass is 10.1. The van der Waals surface area contributed by atoms with Gasteiger partial charge in [-0.3, -0.25) is 4.79 Å². The van der Waals surface area contributed by atoms with Crippen LogP contribution >= 0.6 is 11.6 Å². The minimum absolute atomic E-state index is 0.130. The fraction of sp³-hybridized carbons (Fsp3) is 0.185. The van der Waals surface area contributed by atoms with Gasteiger partial charge in [0.1, 0.15) is 11.5 Å². The molecule has 4 aromatic rings. The number of carbonyl (C=O) groups is 1. The molecule has 5 rings (SSSR count). The molecular formula is C27H24ClFN4O. The Morgan fingerprint density at radius 1 is 0.912 bits per heavy atom. The van der Waals surface area contributed by atoms with Crippen molar-refractivity contribution in [2.45, 2.75) is 6.92 Å². The van der Waals surface area contributed by atoms with E-state index < -0.39 is 0 Å². The Morgan fingerprint density at radius 2 is 1.59 bits per heavy atom. The molecule has 0 unspecified atom stereocenters. The molecule has 0 atom stereocenters. The maximum absolute atomic E-state index is 14.5. The summed E-state index contributed by atoms with van der Waals surface area (Å²) in [5, 5.41) is 5.34. The van der Waals surface area contributed by atoms with Crippen molar-refractivity contribution in [2.75, 3.05) is 31.1 Å². The second-order valence-electron chi connectivity index (χ2n) is 8.37. The second-order valence-corrected chi connectivity index (χ2v) is 8.78. The number of piperazine rings is 1. The van der Waals surface area contributed by atoms with Crippen LogP contribution in [0.1, 0.15) is 16.1 Å². The number of hydrogen-bond acceptors (Lipinski definition) is 3. The van der Waals surface area contributed by atoms with Gasteiger partial charge in [0, 0.05) is 31.7 Å². The predicted octanol–water partition coefficient (Wildman–Crippen LogP) is 5.60. The summed E-state index contributed by atoms with van der Waals surface area (Å²) in [6.07, 6.45) is 0. The standard InChI is InChI=1S/C27H24ClFN4O/c1-19-10-12-20(13-11-19)33-26(18-24(30-33)21-6-2-4-8-23(21)29)27(34)32-16-14-31(15-17-32)25-9-5-3-7-22(25)28/h2-13,18H,14-17H2,1H3. The van der Waals surface area contributed by atoms with E-state index in [9.17, 15) is 9.18 Å². The number of aryl methyl sites for hydroxylation is 1. The topological polar surface area (TPSA) is 41.4 Å². The number of anilines is 1. The number of aromatic nitrogens is 2. The second kappa shape index (κ2) is 9.31. The highest BCUT2D eigenvalue weighted by Gasteiger charge is 2.27. The monoisotopic (exact) mass is 474 g/mol. The lowest BCUT2D eigenvalue weighted by Crippen LogP contribution is -2.49. The van der Waals surface area contributed by atoms with Crippen LogP contribution in [0.15, 0.2) is 78.9 Å². The molecule has 172 valence electrons. The normalized spacial score (nSPS) is 13.9. The van der Waals surface area contributed by atoms with Crippen molar-refractivity contribution in [1.82, 2.24) is 14.7 Å². The zero-order valence-corrected chi connectivity index (χ0v) is 19.5. The Morgan fingerprint density at radius 3 is 2.29 bits per heavy atom. The van der Waals surface area contributed by atoms with Crippen LogP contribution in [0.5, 0.6) is 0 Å². The number of halogens is 2. The van der Waals surface area contributed by atoms with Crippen LogP contribution in [0.3, 0.4) is 0 Å². The Kier molecular flexibility index (Phi) is 6.07. The average Bonchev–Trinajstić information content (AvgIpc) is 3.30. The van der Waals surface area contributed by atoms with E-state index in [1.165, 1.54) is 6.07 Å². The van der Waals surface area contributed by atoms with Gasteiger partial charge in [-0.15, -0.1) is 0 Å². The molecule has 0 spiro atoms. The average molecular weight is 475 g/mol. The zero-order chi connectivity index (χ0) is 23.7. The third-order valence-corrected chi connectivity index (χ3v) is 6.44. The molecule has 1 aliphatic heterocycles. The summed E-state index contributed by atoms with van der Waals surface area (Å²) in [6, 6.07) is 23.7. The molecule has 5 nitrogen and oxygen atoms in total. The first-order valence-electron chi connectivity index (χ1n) is 11.2. The van der Waals surface area contributed by atoms with Crippen LogP contribution in [-0.4, -0.2) is 46.8 Å². The van der Waals surface area contributed by atoms with Crippen molar-refractivity contribution < 1.29 is 9.18 Å². The molecule has 1 fully saturated rings. The van der Waals surface area contributed by atoms with Crippen molar-refractivity contribution in [3.63, 3.8) is 0 Å². The summed E-state index contributed by atoms with van der Waals surface area (Å²) in [6.45, 7) is 4.46. The third-order valence-electron chi connectivity index (χ3n) is 6.12. The minimum atomic E-state index is -0.372. The van der Waals surface area contributed by atoms with Gasteiger partial charge in [0.05, 0.1) is 22.1 Å². The van der Waals surface area contributed by atoms with Crippen LogP contribution < -0.4 is 4.90 Å². The molecule has 7 heteroatoms. The van der Waals surface area contributed by atoms with Crippen LogP contribution in [0.4, 0.5) is 10.1 Å². The lowest BCUT2D eigenvalue weighted by molar-refractivity contribution is 0.0737. The number of benzene rings is 3. The van der Waals surface area contributed by atoms with Crippen LogP contribution in [0.25, 0.3) is 16.9 Å². The molecule has 34 heavy (non-hydrogen) atoms. The van der Waals surface area contributed by atoms with Crippen LogP contribution in [0, 0.1) is 12.7 Å². The summed E-state index contributed by atoms with van der Waals surface area (Å²) in [5.74, 6) is -0.502. The molecule has 0 N–H and O–H groups in total. The number of nitrogens with zero attached hydrogens (tertiary/aromatic N) is 4.